The van der Waals surface area contributed by atoms with Crippen molar-refractivity contribution < 1.29 is 0 Å². The quantitative estimate of drug-likeness (QED) is 0.815. The van der Waals surface area contributed by atoms with Gasteiger partial charge in [0, 0.05) is 37.1 Å². The van der Waals surface area contributed by atoms with E-state index in [9.17, 15) is 0 Å². The number of hydrogen-bond acceptors (Lipinski definition) is 4. The second-order valence-electron chi connectivity index (χ2n) is 4.67. The molecule has 2 rings (SSSR count). The van der Waals surface area contributed by atoms with Gasteiger partial charge in [0.2, 0.25) is 0 Å². The summed E-state index contributed by atoms with van der Waals surface area (Å²) in [5.41, 5.74) is 2.27. The minimum atomic E-state index is 0.428. The predicted octanol–water partition coefficient (Wildman–Crippen LogP) is 2.56. The average Bonchev–Trinajstić information content (AvgIpc) is 2.93. The van der Waals surface area contributed by atoms with Crippen LogP contribution in [0, 0.1) is 6.92 Å². The van der Waals surface area contributed by atoms with Gasteiger partial charge in [0.25, 0.3) is 0 Å². The van der Waals surface area contributed by atoms with Crippen molar-refractivity contribution in [1.29, 1.82) is 0 Å². The number of nitrogens with one attached hydrogen (secondary N) is 1. The van der Waals surface area contributed by atoms with E-state index in [4.69, 9.17) is 0 Å². The van der Waals surface area contributed by atoms with E-state index in [2.05, 4.69) is 40.7 Å². The van der Waals surface area contributed by atoms with E-state index in [0.717, 1.165) is 30.2 Å². The van der Waals surface area contributed by atoms with Crippen LogP contribution in [0.5, 0.6) is 0 Å². The molecule has 2 heterocycles. The Labute approximate surface area is 112 Å². The van der Waals surface area contributed by atoms with E-state index in [-0.39, 0.29) is 0 Å². The third kappa shape index (κ3) is 3.65. The number of aromatic nitrogens is 3. The summed E-state index contributed by atoms with van der Waals surface area (Å²) in [6, 6.07) is 2.50. The standard InChI is InChI=1S/C13H20N4S/c1-10(2)17-7-5-12(16-17)8-14-6-4-13-9-18-11(3)15-13/h5,7,9-10,14H,4,6,8H2,1-3H3. The van der Waals surface area contributed by atoms with Gasteiger partial charge in [-0.3, -0.25) is 4.68 Å². The molecule has 0 fully saturated rings. The van der Waals surface area contributed by atoms with Crippen molar-refractivity contribution in [1.82, 2.24) is 20.1 Å². The highest BCUT2D eigenvalue weighted by Crippen LogP contribution is 2.08. The summed E-state index contributed by atoms with van der Waals surface area (Å²) in [7, 11) is 0. The first-order valence-corrected chi connectivity index (χ1v) is 7.19. The number of aryl methyl sites for hydroxylation is 1. The van der Waals surface area contributed by atoms with Gasteiger partial charge in [-0.2, -0.15) is 5.10 Å². The summed E-state index contributed by atoms with van der Waals surface area (Å²) in [5.74, 6) is 0. The topological polar surface area (TPSA) is 42.7 Å². The lowest BCUT2D eigenvalue weighted by molar-refractivity contribution is 0.521. The van der Waals surface area contributed by atoms with Crippen LogP contribution in [0.2, 0.25) is 0 Å². The molecule has 2 aromatic heterocycles. The van der Waals surface area contributed by atoms with Crippen LogP contribution in [0.1, 0.15) is 36.3 Å². The molecule has 0 amide bonds. The molecule has 98 valence electrons. The first-order valence-electron chi connectivity index (χ1n) is 6.31. The maximum atomic E-state index is 4.50. The molecule has 0 aliphatic rings. The Hall–Kier alpha value is -1.20. The Bertz CT molecular complexity index is 487. The third-order valence-corrected chi connectivity index (χ3v) is 3.55. The summed E-state index contributed by atoms with van der Waals surface area (Å²) in [6.07, 6.45) is 3.01. The van der Waals surface area contributed by atoms with Gasteiger partial charge in [-0.15, -0.1) is 11.3 Å². The summed E-state index contributed by atoms with van der Waals surface area (Å²) in [4.78, 5) is 4.44. The number of hydrogen-bond donors (Lipinski definition) is 1. The SMILES string of the molecule is Cc1nc(CCNCc2ccn(C(C)C)n2)cs1. The zero-order valence-corrected chi connectivity index (χ0v) is 12.0. The van der Waals surface area contributed by atoms with Gasteiger partial charge in [-0.05, 0) is 26.8 Å². The normalized spacial score (nSPS) is 11.3. The second kappa shape index (κ2) is 6.11. The molecule has 0 radical (unpaired) electrons. The van der Waals surface area contributed by atoms with Crippen molar-refractivity contribution in [2.24, 2.45) is 0 Å². The molecular weight excluding hydrogens is 244 g/mol. The van der Waals surface area contributed by atoms with Gasteiger partial charge >= 0.3 is 0 Å². The van der Waals surface area contributed by atoms with Crippen molar-refractivity contribution in [3.05, 3.63) is 34.0 Å². The van der Waals surface area contributed by atoms with Crippen LogP contribution in [0.4, 0.5) is 0 Å². The fraction of sp³-hybridized carbons (Fsp3) is 0.538. The Morgan fingerprint density at radius 3 is 2.83 bits per heavy atom. The number of nitrogens with zero attached hydrogens (tertiary/aromatic N) is 3. The molecule has 2 aromatic rings. The van der Waals surface area contributed by atoms with Crippen LogP contribution < -0.4 is 5.32 Å². The Balaban J connectivity index is 1.71. The van der Waals surface area contributed by atoms with Crippen molar-refractivity contribution in [3.63, 3.8) is 0 Å². The smallest absolute Gasteiger partial charge is 0.0897 e. The first kappa shape index (κ1) is 13.2. The summed E-state index contributed by atoms with van der Waals surface area (Å²) >= 11 is 1.71. The van der Waals surface area contributed by atoms with E-state index in [1.54, 1.807) is 11.3 Å². The molecule has 0 spiro atoms. The zero-order chi connectivity index (χ0) is 13.0. The van der Waals surface area contributed by atoms with Gasteiger partial charge in [-0.1, -0.05) is 0 Å². The molecule has 0 saturated carbocycles. The van der Waals surface area contributed by atoms with Crippen molar-refractivity contribution in [2.45, 2.75) is 39.8 Å². The highest BCUT2D eigenvalue weighted by Gasteiger charge is 2.02. The summed E-state index contributed by atoms with van der Waals surface area (Å²) in [5, 5.41) is 11.2. The highest BCUT2D eigenvalue weighted by molar-refractivity contribution is 7.09. The minimum absolute atomic E-state index is 0.428. The van der Waals surface area contributed by atoms with Gasteiger partial charge < -0.3 is 5.32 Å². The average molecular weight is 264 g/mol. The Kier molecular flexibility index (Phi) is 4.49. The molecule has 0 aromatic carbocycles. The Morgan fingerprint density at radius 2 is 2.22 bits per heavy atom. The molecule has 0 atom stereocenters. The van der Waals surface area contributed by atoms with E-state index in [1.807, 2.05) is 17.8 Å². The summed E-state index contributed by atoms with van der Waals surface area (Å²) in [6.45, 7) is 8.07. The molecule has 0 aliphatic heterocycles. The van der Waals surface area contributed by atoms with Gasteiger partial charge in [0.15, 0.2) is 0 Å². The van der Waals surface area contributed by atoms with E-state index >= 15 is 0 Å². The molecule has 4 nitrogen and oxygen atoms in total. The molecule has 0 saturated heterocycles. The molecule has 1 N–H and O–H groups in total. The van der Waals surface area contributed by atoms with Gasteiger partial charge in [0.05, 0.1) is 16.4 Å². The van der Waals surface area contributed by atoms with Gasteiger partial charge in [-0.25, -0.2) is 4.98 Å². The largest absolute Gasteiger partial charge is 0.311 e. The van der Waals surface area contributed by atoms with E-state index < -0.39 is 0 Å². The van der Waals surface area contributed by atoms with Crippen LogP contribution in [0.3, 0.4) is 0 Å². The molecular formula is C13H20N4S. The fourth-order valence-corrected chi connectivity index (χ4v) is 2.36. The monoisotopic (exact) mass is 264 g/mol. The summed E-state index contributed by atoms with van der Waals surface area (Å²) < 4.78 is 1.99. The molecule has 5 heteroatoms. The van der Waals surface area contributed by atoms with Gasteiger partial charge in [0.1, 0.15) is 0 Å². The molecule has 0 bridgehead atoms. The maximum absolute atomic E-state index is 4.50. The lowest BCUT2D eigenvalue weighted by Crippen LogP contribution is -2.17. The van der Waals surface area contributed by atoms with Crippen LogP contribution in [-0.4, -0.2) is 21.3 Å². The molecule has 0 unspecified atom stereocenters. The molecule has 18 heavy (non-hydrogen) atoms. The number of rotatable bonds is 6. The lowest BCUT2D eigenvalue weighted by Gasteiger charge is -2.04. The lowest BCUT2D eigenvalue weighted by atomic mass is 10.3. The minimum Gasteiger partial charge on any atom is -0.311 e. The van der Waals surface area contributed by atoms with Crippen LogP contribution in [0.25, 0.3) is 0 Å². The fourth-order valence-electron chi connectivity index (χ4n) is 1.72. The zero-order valence-electron chi connectivity index (χ0n) is 11.2. The predicted molar refractivity (Wildman–Crippen MR) is 74.9 cm³/mol. The van der Waals surface area contributed by atoms with Crippen LogP contribution >= 0.6 is 11.3 Å². The van der Waals surface area contributed by atoms with Crippen molar-refractivity contribution in [3.8, 4) is 0 Å². The van der Waals surface area contributed by atoms with Crippen LogP contribution in [0.15, 0.2) is 17.6 Å². The Morgan fingerprint density at radius 1 is 1.39 bits per heavy atom. The first-order chi connectivity index (χ1) is 8.65. The van der Waals surface area contributed by atoms with E-state index in [1.165, 1.54) is 5.69 Å². The maximum Gasteiger partial charge on any atom is 0.0897 e. The van der Waals surface area contributed by atoms with Crippen molar-refractivity contribution in [2.75, 3.05) is 6.54 Å². The van der Waals surface area contributed by atoms with E-state index in [0.29, 0.717) is 6.04 Å². The molecule has 0 aliphatic carbocycles. The highest BCUT2D eigenvalue weighted by atomic mass is 32.1. The van der Waals surface area contributed by atoms with Crippen LogP contribution in [-0.2, 0) is 13.0 Å². The third-order valence-electron chi connectivity index (χ3n) is 2.72. The van der Waals surface area contributed by atoms with Crippen molar-refractivity contribution >= 4 is 11.3 Å². The second-order valence-corrected chi connectivity index (χ2v) is 5.73. The number of thiazole rings is 1.